The predicted octanol–water partition coefficient (Wildman–Crippen LogP) is 12.3. The second kappa shape index (κ2) is 10.9. The molecule has 0 atom stereocenters. The molecule has 0 aliphatic heterocycles. The molecule has 4 heteroatoms. The van der Waals surface area contributed by atoms with Crippen LogP contribution in [0.5, 0.6) is 5.75 Å². The molecule has 0 saturated carbocycles. The van der Waals surface area contributed by atoms with Gasteiger partial charge in [0.2, 0.25) is 0 Å². The number of methoxy groups -OCH3 is 1. The van der Waals surface area contributed by atoms with Crippen LogP contribution in [0.4, 0.5) is 0 Å². The van der Waals surface area contributed by atoms with Crippen molar-refractivity contribution in [3.63, 3.8) is 0 Å². The molecule has 0 aliphatic carbocycles. The molecule has 10 aromatic rings. The van der Waals surface area contributed by atoms with Crippen molar-refractivity contribution in [3.05, 3.63) is 157 Å². The Bertz CT molecular complexity index is 2920. The lowest BCUT2D eigenvalue weighted by Crippen LogP contribution is -2.10. The summed E-state index contributed by atoms with van der Waals surface area (Å²) < 4.78 is 12.8. The SMILES string of the molecule is COc1ccc(-n2c3ccc(-n4c5ccccc5c5ccccc54)cc3c3cc4c(cc32)c2cc(C(C)(C)C)ccc2n4-c2ccccc2)cc1. The fourth-order valence-corrected chi connectivity index (χ4v) is 8.19. The number of para-hydroxylation sites is 3. The average Bonchev–Trinajstić information content (AvgIpc) is 3.78. The Morgan fingerprint density at radius 2 is 0.824 bits per heavy atom. The molecular weight excluding hydrogens is 623 g/mol. The van der Waals surface area contributed by atoms with Gasteiger partial charge in [-0.15, -0.1) is 0 Å². The monoisotopic (exact) mass is 659 g/mol. The van der Waals surface area contributed by atoms with Crippen LogP contribution in [-0.2, 0) is 5.41 Å². The number of hydrogen-bond donors (Lipinski definition) is 0. The summed E-state index contributed by atoms with van der Waals surface area (Å²) in [5.41, 5.74) is 11.9. The average molecular weight is 660 g/mol. The van der Waals surface area contributed by atoms with E-state index in [-0.39, 0.29) is 5.41 Å². The summed E-state index contributed by atoms with van der Waals surface area (Å²) in [5.74, 6) is 0.844. The van der Waals surface area contributed by atoms with Crippen molar-refractivity contribution in [2.24, 2.45) is 0 Å². The fourth-order valence-electron chi connectivity index (χ4n) is 8.19. The summed E-state index contributed by atoms with van der Waals surface area (Å²) in [7, 11) is 1.72. The van der Waals surface area contributed by atoms with Crippen molar-refractivity contribution in [2.75, 3.05) is 7.11 Å². The van der Waals surface area contributed by atoms with E-state index in [0.717, 1.165) is 22.8 Å². The zero-order valence-electron chi connectivity index (χ0n) is 29.2. The second-order valence-corrected chi connectivity index (χ2v) is 14.6. The smallest absolute Gasteiger partial charge is 0.119 e. The zero-order chi connectivity index (χ0) is 34.4. The van der Waals surface area contributed by atoms with E-state index in [1.54, 1.807) is 7.11 Å². The lowest BCUT2D eigenvalue weighted by Gasteiger charge is -2.19. The van der Waals surface area contributed by atoms with Gasteiger partial charge in [0.15, 0.2) is 0 Å². The van der Waals surface area contributed by atoms with Gasteiger partial charge in [-0.2, -0.15) is 0 Å². The lowest BCUT2D eigenvalue weighted by atomic mass is 9.86. The van der Waals surface area contributed by atoms with Gasteiger partial charge in [0, 0.05) is 49.4 Å². The van der Waals surface area contributed by atoms with Crippen molar-refractivity contribution in [3.8, 4) is 22.8 Å². The van der Waals surface area contributed by atoms with Gasteiger partial charge in [-0.3, -0.25) is 0 Å². The minimum Gasteiger partial charge on any atom is -0.497 e. The molecule has 0 amide bonds. The molecule has 0 aliphatic rings. The number of benzene rings is 7. The highest BCUT2D eigenvalue weighted by molar-refractivity contribution is 6.19. The number of ether oxygens (including phenoxy) is 1. The van der Waals surface area contributed by atoms with E-state index >= 15 is 0 Å². The standard InChI is InChI=1S/C47H37N3O/c1-47(2,3)30-18-24-43-37(26-30)39-28-46-40(29-45(39)48(43)31-12-6-5-7-13-31)38-27-33(21-25-44(38)49(46)32-19-22-34(51-4)23-20-32)50-41-16-10-8-14-35(41)36-15-9-11-17-42(36)50/h5-29H,1-4H3. The lowest BCUT2D eigenvalue weighted by molar-refractivity contribution is 0.415. The number of rotatable bonds is 4. The Balaban J connectivity index is 1.35. The molecule has 51 heavy (non-hydrogen) atoms. The molecule has 0 fully saturated rings. The Morgan fingerprint density at radius 3 is 1.41 bits per heavy atom. The van der Waals surface area contributed by atoms with Crippen LogP contribution in [0.1, 0.15) is 26.3 Å². The molecule has 0 saturated heterocycles. The number of fused-ring (bicyclic) bond motifs is 9. The summed E-state index contributed by atoms with van der Waals surface area (Å²) in [6.45, 7) is 6.87. The molecule has 7 aromatic carbocycles. The van der Waals surface area contributed by atoms with Crippen LogP contribution in [0.2, 0.25) is 0 Å². The largest absolute Gasteiger partial charge is 0.497 e. The topological polar surface area (TPSA) is 24.0 Å². The van der Waals surface area contributed by atoms with Crippen molar-refractivity contribution >= 4 is 65.4 Å². The summed E-state index contributed by atoms with van der Waals surface area (Å²) in [6, 6.07) is 55.4. The Labute approximate surface area is 296 Å². The van der Waals surface area contributed by atoms with Crippen molar-refractivity contribution in [2.45, 2.75) is 26.2 Å². The molecule has 4 nitrogen and oxygen atoms in total. The van der Waals surface area contributed by atoms with E-state index in [1.165, 1.54) is 71.0 Å². The van der Waals surface area contributed by atoms with Crippen LogP contribution in [0.25, 0.3) is 82.5 Å². The maximum absolute atomic E-state index is 5.56. The first kappa shape index (κ1) is 29.6. The third-order valence-corrected chi connectivity index (χ3v) is 10.7. The first-order valence-corrected chi connectivity index (χ1v) is 17.6. The van der Waals surface area contributed by atoms with Crippen LogP contribution in [0.3, 0.4) is 0 Å². The normalized spacial score (nSPS) is 12.3. The predicted molar refractivity (Wildman–Crippen MR) is 215 cm³/mol. The Kier molecular flexibility index (Phi) is 6.32. The van der Waals surface area contributed by atoms with Gasteiger partial charge in [-0.1, -0.05) is 81.4 Å². The van der Waals surface area contributed by atoms with Crippen LogP contribution < -0.4 is 4.74 Å². The van der Waals surface area contributed by atoms with Gasteiger partial charge >= 0.3 is 0 Å². The summed E-state index contributed by atoms with van der Waals surface area (Å²) in [5, 5.41) is 7.46. The van der Waals surface area contributed by atoms with Crippen LogP contribution in [-0.4, -0.2) is 20.8 Å². The molecule has 10 rings (SSSR count). The van der Waals surface area contributed by atoms with E-state index in [2.05, 4.69) is 186 Å². The van der Waals surface area contributed by atoms with E-state index in [1.807, 2.05) is 0 Å². The Morgan fingerprint density at radius 1 is 0.373 bits per heavy atom. The molecule has 0 unspecified atom stereocenters. The maximum atomic E-state index is 5.56. The highest BCUT2D eigenvalue weighted by Gasteiger charge is 2.22. The van der Waals surface area contributed by atoms with E-state index < -0.39 is 0 Å². The molecule has 0 bridgehead atoms. The molecule has 3 aromatic heterocycles. The van der Waals surface area contributed by atoms with Crippen molar-refractivity contribution < 1.29 is 4.74 Å². The molecular formula is C47H37N3O. The minimum atomic E-state index is 0.0284. The van der Waals surface area contributed by atoms with Gasteiger partial charge in [-0.25, -0.2) is 0 Å². The van der Waals surface area contributed by atoms with Crippen molar-refractivity contribution in [1.82, 2.24) is 13.7 Å². The summed E-state index contributed by atoms with van der Waals surface area (Å²) in [6.07, 6.45) is 0. The summed E-state index contributed by atoms with van der Waals surface area (Å²) in [4.78, 5) is 0. The van der Waals surface area contributed by atoms with Crippen LogP contribution in [0, 0.1) is 0 Å². The van der Waals surface area contributed by atoms with Gasteiger partial charge in [0.25, 0.3) is 0 Å². The second-order valence-electron chi connectivity index (χ2n) is 14.6. The molecule has 0 N–H and O–H groups in total. The number of hydrogen-bond acceptors (Lipinski definition) is 1. The van der Waals surface area contributed by atoms with Gasteiger partial charge in [0.05, 0.1) is 40.2 Å². The first-order chi connectivity index (χ1) is 24.9. The fraction of sp³-hybridized carbons (Fsp3) is 0.106. The van der Waals surface area contributed by atoms with Crippen molar-refractivity contribution in [1.29, 1.82) is 0 Å². The maximum Gasteiger partial charge on any atom is 0.119 e. The van der Waals surface area contributed by atoms with Gasteiger partial charge < -0.3 is 18.4 Å². The molecule has 0 spiro atoms. The zero-order valence-corrected chi connectivity index (χ0v) is 29.2. The molecule has 246 valence electrons. The van der Waals surface area contributed by atoms with E-state index in [9.17, 15) is 0 Å². The number of nitrogens with zero attached hydrogens (tertiary/aromatic N) is 3. The van der Waals surface area contributed by atoms with E-state index in [4.69, 9.17) is 4.74 Å². The highest BCUT2D eigenvalue weighted by atomic mass is 16.5. The van der Waals surface area contributed by atoms with E-state index in [0.29, 0.717) is 0 Å². The Hall–Kier alpha value is -6.26. The minimum absolute atomic E-state index is 0.0284. The quantitative estimate of drug-likeness (QED) is 0.184. The van der Waals surface area contributed by atoms with Crippen LogP contribution >= 0.6 is 0 Å². The van der Waals surface area contributed by atoms with Gasteiger partial charge in [0.1, 0.15) is 5.75 Å². The molecule has 3 heterocycles. The van der Waals surface area contributed by atoms with Crippen LogP contribution in [0.15, 0.2) is 152 Å². The first-order valence-electron chi connectivity index (χ1n) is 17.6. The van der Waals surface area contributed by atoms with Gasteiger partial charge in [-0.05, 0) is 102 Å². The summed E-state index contributed by atoms with van der Waals surface area (Å²) >= 11 is 0. The third kappa shape index (κ3) is 4.39. The third-order valence-electron chi connectivity index (χ3n) is 10.7. The molecule has 0 radical (unpaired) electrons. The highest BCUT2D eigenvalue weighted by Crippen LogP contribution is 2.42. The number of aromatic nitrogens is 3.